The molecule has 3 nitrogen and oxygen atoms in total. The number of aryl methyl sites for hydroxylation is 2. The van der Waals surface area contributed by atoms with Gasteiger partial charge in [0.05, 0.1) is 5.56 Å². The van der Waals surface area contributed by atoms with Gasteiger partial charge in [0.2, 0.25) is 0 Å². The van der Waals surface area contributed by atoms with Gasteiger partial charge in [0.15, 0.2) is 0 Å². The van der Waals surface area contributed by atoms with Gasteiger partial charge in [0.25, 0.3) is 5.91 Å². The van der Waals surface area contributed by atoms with Gasteiger partial charge in [-0.05, 0) is 39.3 Å². The second-order valence-electron chi connectivity index (χ2n) is 3.77. The van der Waals surface area contributed by atoms with E-state index in [2.05, 4.69) is 10.3 Å². The maximum Gasteiger partial charge on any atom is 0.253 e. The van der Waals surface area contributed by atoms with Crippen molar-refractivity contribution in [3.8, 4) is 0 Å². The van der Waals surface area contributed by atoms with Crippen molar-refractivity contribution >= 4 is 5.91 Å². The van der Waals surface area contributed by atoms with E-state index in [1.807, 2.05) is 33.8 Å². The molecule has 0 aromatic carbocycles. The molecule has 1 aromatic rings. The highest BCUT2D eigenvalue weighted by Gasteiger charge is 2.09. The first kappa shape index (κ1) is 10.7. The standard InChI is InChI=1S/C11H16N2O/c1-7(2)13-11(14)10-6-12-9(4)5-8(10)3/h5-7H,1-4H3,(H,13,14). The van der Waals surface area contributed by atoms with Crippen LogP contribution in [-0.4, -0.2) is 16.9 Å². The van der Waals surface area contributed by atoms with Gasteiger partial charge in [0.1, 0.15) is 0 Å². The lowest BCUT2D eigenvalue weighted by Crippen LogP contribution is -2.30. The maximum atomic E-state index is 11.6. The quantitative estimate of drug-likeness (QED) is 0.776. The molecule has 0 atom stereocenters. The normalized spacial score (nSPS) is 10.4. The molecule has 0 aliphatic heterocycles. The zero-order chi connectivity index (χ0) is 10.7. The number of hydrogen-bond donors (Lipinski definition) is 1. The number of nitrogens with one attached hydrogen (secondary N) is 1. The summed E-state index contributed by atoms with van der Waals surface area (Å²) in [4.78, 5) is 15.7. The van der Waals surface area contributed by atoms with Crippen LogP contribution >= 0.6 is 0 Å². The first-order chi connectivity index (χ1) is 6.50. The van der Waals surface area contributed by atoms with Crippen LogP contribution < -0.4 is 5.32 Å². The van der Waals surface area contributed by atoms with Gasteiger partial charge in [-0.3, -0.25) is 9.78 Å². The Labute approximate surface area is 84.6 Å². The number of aromatic nitrogens is 1. The van der Waals surface area contributed by atoms with E-state index in [0.717, 1.165) is 11.3 Å². The first-order valence-electron chi connectivity index (χ1n) is 4.75. The van der Waals surface area contributed by atoms with Crippen LogP contribution in [0.4, 0.5) is 0 Å². The number of carbonyl (C=O) groups excluding carboxylic acids is 1. The number of hydrogen-bond acceptors (Lipinski definition) is 2. The van der Waals surface area contributed by atoms with E-state index in [9.17, 15) is 4.79 Å². The highest BCUT2D eigenvalue weighted by Crippen LogP contribution is 2.07. The zero-order valence-electron chi connectivity index (χ0n) is 9.09. The number of amides is 1. The fraction of sp³-hybridized carbons (Fsp3) is 0.455. The lowest BCUT2D eigenvalue weighted by Gasteiger charge is -2.10. The summed E-state index contributed by atoms with van der Waals surface area (Å²) in [6.45, 7) is 7.71. The first-order valence-corrected chi connectivity index (χ1v) is 4.75. The minimum Gasteiger partial charge on any atom is -0.350 e. The van der Waals surface area contributed by atoms with Crippen molar-refractivity contribution in [2.24, 2.45) is 0 Å². The fourth-order valence-corrected chi connectivity index (χ4v) is 1.27. The van der Waals surface area contributed by atoms with E-state index in [1.54, 1.807) is 6.20 Å². The predicted octanol–water partition coefficient (Wildman–Crippen LogP) is 1.84. The van der Waals surface area contributed by atoms with Gasteiger partial charge in [0, 0.05) is 17.9 Å². The molecule has 1 aromatic heterocycles. The van der Waals surface area contributed by atoms with E-state index < -0.39 is 0 Å². The SMILES string of the molecule is Cc1cc(C)c(C(=O)NC(C)C)cn1. The molecule has 0 saturated heterocycles. The number of rotatable bonds is 2. The van der Waals surface area contributed by atoms with Crippen LogP contribution in [0.3, 0.4) is 0 Å². The van der Waals surface area contributed by atoms with Crippen molar-refractivity contribution in [3.63, 3.8) is 0 Å². The molecule has 1 N–H and O–H groups in total. The molecule has 76 valence electrons. The molecular formula is C11H16N2O. The molecule has 1 amide bonds. The van der Waals surface area contributed by atoms with Crippen LogP contribution in [-0.2, 0) is 0 Å². The van der Waals surface area contributed by atoms with Gasteiger partial charge < -0.3 is 5.32 Å². The lowest BCUT2D eigenvalue weighted by atomic mass is 10.1. The largest absolute Gasteiger partial charge is 0.350 e. The average molecular weight is 192 g/mol. The van der Waals surface area contributed by atoms with E-state index in [0.29, 0.717) is 5.56 Å². The molecule has 0 radical (unpaired) electrons. The number of nitrogens with zero attached hydrogens (tertiary/aromatic N) is 1. The van der Waals surface area contributed by atoms with Crippen molar-refractivity contribution in [1.29, 1.82) is 0 Å². The zero-order valence-corrected chi connectivity index (χ0v) is 9.09. The van der Waals surface area contributed by atoms with Crippen LogP contribution in [0.5, 0.6) is 0 Å². The third kappa shape index (κ3) is 2.55. The van der Waals surface area contributed by atoms with Gasteiger partial charge in [-0.25, -0.2) is 0 Å². The van der Waals surface area contributed by atoms with Crippen molar-refractivity contribution < 1.29 is 4.79 Å². The van der Waals surface area contributed by atoms with Crippen LogP contribution in [0.1, 0.15) is 35.5 Å². The Balaban J connectivity index is 2.90. The summed E-state index contributed by atoms with van der Waals surface area (Å²) in [6, 6.07) is 2.07. The molecule has 0 aliphatic carbocycles. The summed E-state index contributed by atoms with van der Waals surface area (Å²) < 4.78 is 0. The summed E-state index contributed by atoms with van der Waals surface area (Å²) in [5, 5.41) is 2.84. The van der Waals surface area contributed by atoms with Crippen molar-refractivity contribution in [3.05, 3.63) is 29.1 Å². The van der Waals surface area contributed by atoms with Crippen LogP contribution in [0.15, 0.2) is 12.3 Å². The third-order valence-corrected chi connectivity index (χ3v) is 1.91. The minimum absolute atomic E-state index is 0.0509. The summed E-state index contributed by atoms with van der Waals surface area (Å²) in [5.41, 5.74) is 2.56. The highest BCUT2D eigenvalue weighted by molar-refractivity contribution is 5.95. The molecular weight excluding hydrogens is 176 g/mol. The van der Waals surface area contributed by atoms with Gasteiger partial charge in [-0.2, -0.15) is 0 Å². The van der Waals surface area contributed by atoms with Crippen molar-refractivity contribution in [2.75, 3.05) is 0 Å². The molecule has 1 rings (SSSR count). The van der Waals surface area contributed by atoms with Gasteiger partial charge >= 0.3 is 0 Å². The molecule has 0 saturated carbocycles. The Bertz CT molecular complexity index is 345. The molecule has 0 spiro atoms. The summed E-state index contributed by atoms with van der Waals surface area (Å²) in [6.07, 6.45) is 1.63. The molecule has 14 heavy (non-hydrogen) atoms. The Hall–Kier alpha value is -1.38. The third-order valence-electron chi connectivity index (χ3n) is 1.91. The Morgan fingerprint density at radius 3 is 2.57 bits per heavy atom. The number of pyridine rings is 1. The molecule has 0 fully saturated rings. The lowest BCUT2D eigenvalue weighted by molar-refractivity contribution is 0.0942. The van der Waals surface area contributed by atoms with E-state index in [4.69, 9.17) is 0 Å². The predicted molar refractivity (Wildman–Crippen MR) is 56.3 cm³/mol. The van der Waals surface area contributed by atoms with Crippen LogP contribution in [0, 0.1) is 13.8 Å². The molecule has 0 aliphatic rings. The van der Waals surface area contributed by atoms with E-state index in [-0.39, 0.29) is 11.9 Å². The fourth-order valence-electron chi connectivity index (χ4n) is 1.27. The average Bonchev–Trinajstić information content (AvgIpc) is 2.01. The Kier molecular flexibility index (Phi) is 3.23. The Morgan fingerprint density at radius 1 is 1.43 bits per heavy atom. The topological polar surface area (TPSA) is 42.0 Å². The molecule has 1 heterocycles. The van der Waals surface area contributed by atoms with Crippen molar-refractivity contribution in [2.45, 2.75) is 33.7 Å². The smallest absolute Gasteiger partial charge is 0.253 e. The Morgan fingerprint density at radius 2 is 2.07 bits per heavy atom. The molecule has 3 heteroatoms. The number of carbonyl (C=O) groups is 1. The highest BCUT2D eigenvalue weighted by atomic mass is 16.1. The molecule has 0 bridgehead atoms. The maximum absolute atomic E-state index is 11.6. The van der Waals surface area contributed by atoms with E-state index >= 15 is 0 Å². The minimum atomic E-state index is -0.0509. The van der Waals surface area contributed by atoms with Crippen LogP contribution in [0.2, 0.25) is 0 Å². The summed E-state index contributed by atoms with van der Waals surface area (Å²) in [5.74, 6) is -0.0509. The van der Waals surface area contributed by atoms with Gasteiger partial charge in [-0.15, -0.1) is 0 Å². The van der Waals surface area contributed by atoms with Gasteiger partial charge in [-0.1, -0.05) is 0 Å². The van der Waals surface area contributed by atoms with Crippen molar-refractivity contribution in [1.82, 2.24) is 10.3 Å². The monoisotopic (exact) mass is 192 g/mol. The summed E-state index contributed by atoms with van der Waals surface area (Å²) >= 11 is 0. The second-order valence-corrected chi connectivity index (χ2v) is 3.77. The van der Waals surface area contributed by atoms with E-state index in [1.165, 1.54) is 0 Å². The second kappa shape index (κ2) is 4.22. The summed E-state index contributed by atoms with van der Waals surface area (Å²) in [7, 11) is 0. The van der Waals surface area contributed by atoms with Crippen LogP contribution in [0.25, 0.3) is 0 Å². The molecule has 0 unspecified atom stereocenters.